The Balaban J connectivity index is 1.44. The number of halogens is 3. The Hall–Kier alpha value is -2.85. The Morgan fingerprint density at radius 3 is 2.50 bits per heavy atom. The number of rotatable bonds is 4. The number of imidazole rings is 1. The lowest BCUT2D eigenvalue weighted by molar-refractivity contribution is -0.275. The van der Waals surface area contributed by atoms with Crippen LogP contribution in [0.15, 0.2) is 42.7 Å². The maximum atomic E-state index is 13.0. The van der Waals surface area contributed by atoms with Crippen molar-refractivity contribution in [2.45, 2.75) is 37.7 Å². The van der Waals surface area contributed by atoms with Crippen LogP contribution in [0.1, 0.15) is 42.7 Å². The van der Waals surface area contributed by atoms with Crippen molar-refractivity contribution in [3.63, 3.8) is 0 Å². The summed E-state index contributed by atoms with van der Waals surface area (Å²) in [7, 11) is 4.07. The maximum absolute atomic E-state index is 13.0. The van der Waals surface area contributed by atoms with Crippen LogP contribution >= 0.6 is 0 Å². The van der Waals surface area contributed by atoms with Gasteiger partial charge in [-0.3, -0.25) is 14.3 Å². The second-order valence-corrected chi connectivity index (χ2v) is 9.13. The molecule has 182 valence electrons. The molecule has 2 aliphatic heterocycles. The summed E-state index contributed by atoms with van der Waals surface area (Å²) < 4.78 is 45.4. The third kappa shape index (κ3) is 4.56. The van der Waals surface area contributed by atoms with Gasteiger partial charge < -0.3 is 14.5 Å². The SMILES string of the molecule is CN1CCN(c2cccc3nc(C4CCCC(c5ncccc5OC(F)(F)F)N4C)cn23)CC1. The highest BCUT2D eigenvalue weighted by Gasteiger charge is 2.37. The highest BCUT2D eigenvalue weighted by Crippen LogP contribution is 2.42. The molecule has 34 heavy (non-hydrogen) atoms. The van der Waals surface area contributed by atoms with E-state index >= 15 is 0 Å². The normalized spacial score (nSPS) is 22.9. The van der Waals surface area contributed by atoms with E-state index < -0.39 is 6.36 Å². The molecule has 5 heterocycles. The fraction of sp³-hybridized carbons (Fsp3) is 0.500. The van der Waals surface area contributed by atoms with E-state index in [0.29, 0.717) is 12.1 Å². The Bertz CT molecular complexity index is 1140. The zero-order chi connectivity index (χ0) is 23.9. The molecule has 2 saturated heterocycles. The van der Waals surface area contributed by atoms with Crippen LogP contribution < -0.4 is 9.64 Å². The van der Waals surface area contributed by atoms with Gasteiger partial charge in [-0.2, -0.15) is 0 Å². The number of likely N-dealkylation sites (tertiary alicyclic amines) is 1. The van der Waals surface area contributed by atoms with Crippen LogP contribution in [0.2, 0.25) is 0 Å². The van der Waals surface area contributed by atoms with Crippen molar-refractivity contribution in [3.8, 4) is 5.75 Å². The molecule has 0 radical (unpaired) electrons. The van der Waals surface area contributed by atoms with E-state index in [9.17, 15) is 13.2 Å². The van der Waals surface area contributed by atoms with Crippen molar-refractivity contribution in [2.24, 2.45) is 0 Å². The lowest BCUT2D eigenvalue weighted by Gasteiger charge is -2.39. The molecule has 0 bridgehead atoms. The van der Waals surface area contributed by atoms with Crippen molar-refractivity contribution < 1.29 is 17.9 Å². The summed E-state index contributed by atoms with van der Waals surface area (Å²) in [5.41, 5.74) is 2.11. The zero-order valence-electron chi connectivity index (χ0n) is 19.4. The van der Waals surface area contributed by atoms with E-state index in [-0.39, 0.29) is 17.8 Å². The van der Waals surface area contributed by atoms with Gasteiger partial charge in [0, 0.05) is 38.6 Å². The van der Waals surface area contributed by atoms with Crippen molar-refractivity contribution in [3.05, 3.63) is 54.1 Å². The van der Waals surface area contributed by atoms with E-state index in [0.717, 1.165) is 56.2 Å². The minimum Gasteiger partial charge on any atom is -0.404 e. The number of pyridine rings is 2. The Morgan fingerprint density at radius 1 is 0.971 bits per heavy atom. The highest BCUT2D eigenvalue weighted by molar-refractivity contribution is 5.53. The summed E-state index contributed by atoms with van der Waals surface area (Å²) in [4.78, 5) is 16.0. The van der Waals surface area contributed by atoms with Gasteiger partial charge in [-0.1, -0.05) is 6.07 Å². The molecule has 0 amide bonds. The molecule has 2 unspecified atom stereocenters. The second kappa shape index (κ2) is 9.07. The molecule has 2 fully saturated rings. The molecule has 2 aliphatic rings. The molecular weight excluding hydrogens is 445 g/mol. The maximum Gasteiger partial charge on any atom is 0.573 e. The van der Waals surface area contributed by atoms with Crippen LogP contribution in [-0.2, 0) is 0 Å². The number of piperazine rings is 1. The number of likely N-dealkylation sites (N-methyl/N-ethyl adjacent to an activating group) is 1. The number of alkyl halides is 3. The minimum absolute atomic E-state index is 0.0280. The lowest BCUT2D eigenvalue weighted by Crippen LogP contribution is -2.45. The third-order valence-corrected chi connectivity index (χ3v) is 6.94. The number of hydrogen-bond acceptors (Lipinski definition) is 6. The molecule has 0 N–H and O–H groups in total. The predicted octanol–water partition coefficient (Wildman–Crippen LogP) is 4.28. The molecule has 0 saturated carbocycles. The summed E-state index contributed by atoms with van der Waals surface area (Å²) in [5, 5.41) is 0. The number of aromatic nitrogens is 3. The molecule has 7 nitrogen and oxygen atoms in total. The average molecular weight is 475 g/mol. The summed E-state index contributed by atoms with van der Waals surface area (Å²) >= 11 is 0. The molecule has 2 atom stereocenters. The fourth-order valence-corrected chi connectivity index (χ4v) is 5.15. The van der Waals surface area contributed by atoms with E-state index in [4.69, 9.17) is 4.98 Å². The predicted molar refractivity (Wildman–Crippen MR) is 123 cm³/mol. The first-order valence-corrected chi connectivity index (χ1v) is 11.6. The van der Waals surface area contributed by atoms with Crippen LogP contribution in [0, 0.1) is 0 Å². The summed E-state index contributed by atoms with van der Waals surface area (Å²) in [5.74, 6) is 0.879. The fourth-order valence-electron chi connectivity index (χ4n) is 5.15. The summed E-state index contributed by atoms with van der Waals surface area (Å²) in [6.07, 6.45) is 1.29. The average Bonchev–Trinajstić information content (AvgIpc) is 3.24. The number of nitrogens with zero attached hydrogens (tertiary/aromatic N) is 6. The topological polar surface area (TPSA) is 49.1 Å². The van der Waals surface area contributed by atoms with Crippen LogP contribution in [0.5, 0.6) is 5.75 Å². The minimum atomic E-state index is -4.76. The molecule has 10 heteroatoms. The first kappa shape index (κ1) is 22.9. The van der Waals surface area contributed by atoms with Crippen LogP contribution in [-0.4, -0.2) is 70.8 Å². The van der Waals surface area contributed by atoms with Gasteiger partial charge in [-0.05, 0) is 57.6 Å². The summed E-state index contributed by atoms with van der Waals surface area (Å²) in [6, 6.07) is 8.62. The summed E-state index contributed by atoms with van der Waals surface area (Å²) in [6.45, 7) is 3.93. The largest absolute Gasteiger partial charge is 0.573 e. The van der Waals surface area contributed by atoms with Crippen molar-refractivity contribution in [1.82, 2.24) is 24.2 Å². The number of hydrogen-bond donors (Lipinski definition) is 0. The lowest BCUT2D eigenvalue weighted by atomic mass is 9.92. The van der Waals surface area contributed by atoms with E-state index in [1.807, 2.05) is 19.2 Å². The number of anilines is 1. The molecule has 0 aromatic carbocycles. The van der Waals surface area contributed by atoms with Crippen molar-refractivity contribution in [2.75, 3.05) is 45.2 Å². The van der Waals surface area contributed by atoms with Gasteiger partial charge >= 0.3 is 6.36 Å². The smallest absolute Gasteiger partial charge is 0.404 e. The van der Waals surface area contributed by atoms with Crippen LogP contribution in [0.25, 0.3) is 5.65 Å². The molecule has 3 aromatic rings. The van der Waals surface area contributed by atoms with Gasteiger partial charge in [0.05, 0.1) is 23.5 Å². The van der Waals surface area contributed by atoms with Gasteiger partial charge in [0.1, 0.15) is 11.5 Å². The third-order valence-electron chi connectivity index (χ3n) is 6.94. The van der Waals surface area contributed by atoms with E-state index in [1.165, 1.54) is 18.3 Å². The molecule has 3 aromatic heterocycles. The molecule has 5 rings (SSSR count). The Kier molecular flexibility index (Phi) is 6.11. The monoisotopic (exact) mass is 474 g/mol. The van der Waals surface area contributed by atoms with Crippen LogP contribution in [0.4, 0.5) is 19.0 Å². The van der Waals surface area contributed by atoms with Gasteiger partial charge in [-0.25, -0.2) is 4.98 Å². The van der Waals surface area contributed by atoms with Gasteiger partial charge in [0.15, 0.2) is 5.75 Å². The number of piperidine rings is 1. The highest BCUT2D eigenvalue weighted by atomic mass is 19.4. The second-order valence-electron chi connectivity index (χ2n) is 9.13. The quantitative estimate of drug-likeness (QED) is 0.563. The van der Waals surface area contributed by atoms with E-state index in [1.54, 1.807) is 0 Å². The molecule has 0 aliphatic carbocycles. The van der Waals surface area contributed by atoms with Crippen LogP contribution in [0.3, 0.4) is 0 Å². The number of ether oxygens (including phenoxy) is 1. The molecular formula is C24H29F3N6O. The Morgan fingerprint density at radius 2 is 1.74 bits per heavy atom. The first-order chi connectivity index (χ1) is 16.3. The van der Waals surface area contributed by atoms with Gasteiger partial charge in [0.2, 0.25) is 0 Å². The van der Waals surface area contributed by atoms with E-state index in [2.05, 4.69) is 48.1 Å². The number of fused-ring (bicyclic) bond motifs is 1. The van der Waals surface area contributed by atoms with Gasteiger partial charge in [0.25, 0.3) is 0 Å². The van der Waals surface area contributed by atoms with Crippen molar-refractivity contribution >= 4 is 11.5 Å². The Labute approximate surface area is 196 Å². The standard InChI is InChI=1S/C24H29F3N6O/c1-30-12-14-32(15-13-30)22-10-4-9-21-29-17(16-33(21)22)18-6-3-7-19(31(18)2)23-20(8-5-11-28-23)34-24(25,26)27/h4-5,8-11,16,18-19H,3,6-7,12-15H2,1-2H3. The van der Waals surface area contributed by atoms with Gasteiger partial charge in [-0.15, -0.1) is 13.2 Å². The molecule has 0 spiro atoms. The first-order valence-electron chi connectivity index (χ1n) is 11.6. The van der Waals surface area contributed by atoms with Crippen molar-refractivity contribution in [1.29, 1.82) is 0 Å². The zero-order valence-corrected chi connectivity index (χ0v) is 19.4.